The van der Waals surface area contributed by atoms with Crippen molar-refractivity contribution in [1.29, 1.82) is 0 Å². The molecule has 1 saturated heterocycles. The summed E-state index contributed by atoms with van der Waals surface area (Å²) in [5.41, 5.74) is 3.13. The number of fused-ring (bicyclic) bond motifs is 4. The Morgan fingerprint density at radius 2 is 1.85 bits per heavy atom. The molecule has 5 rings (SSSR count). The van der Waals surface area contributed by atoms with Gasteiger partial charge in [0, 0.05) is 30.1 Å². The largest absolute Gasteiger partial charge is 0.508 e. The summed E-state index contributed by atoms with van der Waals surface area (Å²) in [5.74, 6) is 0.410. The van der Waals surface area contributed by atoms with E-state index in [0.717, 1.165) is 31.7 Å². The lowest BCUT2D eigenvalue weighted by Gasteiger charge is -2.56. The number of hydrogen-bond donors (Lipinski definition) is 3. The van der Waals surface area contributed by atoms with E-state index in [-0.39, 0.29) is 16.9 Å². The van der Waals surface area contributed by atoms with Crippen molar-refractivity contribution in [2.75, 3.05) is 19.6 Å². The maximum Gasteiger partial charge on any atom is 0.335 e. The van der Waals surface area contributed by atoms with Crippen LogP contribution in [-0.2, 0) is 11.8 Å². The van der Waals surface area contributed by atoms with Gasteiger partial charge in [-0.25, -0.2) is 4.79 Å². The number of carboxylic acid groups (broad SMARTS) is 1. The molecular weight excluding hydrogens is 416 g/mol. The summed E-state index contributed by atoms with van der Waals surface area (Å²) in [5, 5.41) is 22.4. The highest BCUT2D eigenvalue weighted by Crippen LogP contribution is 2.52. The maximum atomic E-state index is 12.7. The molecule has 2 aromatic carbocycles. The third-order valence-electron chi connectivity index (χ3n) is 8.26. The Balaban J connectivity index is 1.34. The lowest BCUT2D eigenvalue weighted by Crippen LogP contribution is -2.60. The predicted octanol–water partition coefficient (Wildman–Crippen LogP) is 3.82. The van der Waals surface area contributed by atoms with Gasteiger partial charge in [0.15, 0.2) is 0 Å². The third-order valence-corrected chi connectivity index (χ3v) is 8.26. The fourth-order valence-electron chi connectivity index (χ4n) is 6.15. The number of nitrogens with one attached hydrogen (secondary N) is 1. The summed E-state index contributed by atoms with van der Waals surface area (Å²) in [6, 6.07) is 12.4. The van der Waals surface area contributed by atoms with Gasteiger partial charge in [0.2, 0.25) is 0 Å². The molecule has 2 fully saturated rings. The van der Waals surface area contributed by atoms with E-state index < -0.39 is 5.97 Å². The van der Waals surface area contributed by atoms with Gasteiger partial charge in [-0.15, -0.1) is 0 Å². The molecule has 1 aliphatic heterocycles. The summed E-state index contributed by atoms with van der Waals surface area (Å²) in [7, 11) is 0. The van der Waals surface area contributed by atoms with Crippen LogP contribution in [0.4, 0.5) is 0 Å². The third kappa shape index (κ3) is 4.12. The van der Waals surface area contributed by atoms with Crippen molar-refractivity contribution in [3.8, 4) is 5.75 Å². The van der Waals surface area contributed by atoms with Gasteiger partial charge < -0.3 is 15.5 Å². The standard InChI is InChI=1S/C27H32N2O4/c1-17-24-14-21-8-9-22(30)15-23(21)27(17,11-13-29(24)16-18-2-3-18)10-12-28-25(31)19-4-6-20(7-5-19)26(32)33/h4-9,15,17-18,24,30H,2-3,10-14,16H2,1H3,(H,28,31)(H,32,33)/t17-,24+,27-/m0/s1. The Bertz CT molecular complexity index is 1060. The first-order valence-electron chi connectivity index (χ1n) is 12.1. The molecule has 1 heterocycles. The van der Waals surface area contributed by atoms with Crippen LogP contribution in [0.5, 0.6) is 5.75 Å². The van der Waals surface area contributed by atoms with Crippen molar-refractivity contribution >= 4 is 11.9 Å². The Morgan fingerprint density at radius 3 is 2.55 bits per heavy atom. The summed E-state index contributed by atoms with van der Waals surface area (Å²) >= 11 is 0. The zero-order chi connectivity index (χ0) is 23.2. The average Bonchev–Trinajstić information content (AvgIpc) is 3.62. The van der Waals surface area contributed by atoms with Crippen LogP contribution in [0, 0.1) is 11.8 Å². The Morgan fingerprint density at radius 1 is 1.12 bits per heavy atom. The molecule has 6 heteroatoms. The summed E-state index contributed by atoms with van der Waals surface area (Å²) in [4.78, 5) is 26.4. The van der Waals surface area contributed by atoms with Gasteiger partial charge in [-0.3, -0.25) is 9.69 Å². The van der Waals surface area contributed by atoms with Crippen LogP contribution in [0.3, 0.4) is 0 Å². The number of phenols is 1. The molecule has 1 amide bonds. The van der Waals surface area contributed by atoms with Crippen LogP contribution in [0.1, 0.15) is 64.4 Å². The average molecular weight is 449 g/mol. The second kappa shape index (κ2) is 8.49. The number of rotatable bonds is 7. The zero-order valence-electron chi connectivity index (χ0n) is 19.1. The van der Waals surface area contributed by atoms with E-state index in [1.54, 1.807) is 18.2 Å². The SMILES string of the molecule is C[C@H]1[C@H]2Cc3ccc(O)cc3[C@@]1(CCNC(=O)c1ccc(C(=O)O)cc1)CCN2CC1CC1. The number of aromatic carboxylic acids is 1. The van der Waals surface area contributed by atoms with E-state index in [0.29, 0.717) is 29.8 Å². The summed E-state index contributed by atoms with van der Waals surface area (Å²) < 4.78 is 0. The van der Waals surface area contributed by atoms with Crippen LogP contribution >= 0.6 is 0 Å². The van der Waals surface area contributed by atoms with Crippen LogP contribution < -0.4 is 5.32 Å². The second-order valence-electron chi connectivity index (χ2n) is 10.1. The molecule has 2 aromatic rings. The van der Waals surface area contributed by atoms with E-state index in [1.807, 2.05) is 6.07 Å². The van der Waals surface area contributed by atoms with Crippen LogP contribution in [0.25, 0.3) is 0 Å². The lowest BCUT2D eigenvalue weighted by molar-refractivity contribution is 0.0159. The minimum Gasteiger partial charge on any atom is -0.508 e. The van der Waals surface area contributed by atoms with Crippen molar-refractivity contribution in [2.45, 2.75) is 50.5 Å². The molecule has 0 unspecified atom stereocenters. The number of piperidine rings is 1. The van der Waals surface area contributed by atoms with Crippen molar-refractivity contribution in [3.05, 3.63) is 64.7 Å². The number of benzene rings is 2. The van der Waals surface area contributed by atoms with Crippen molar-refractivity contribution < 1.29 is 19.8 Å². The van der Waals surface area contributed by atoms with E-state index in [9.17, 15) is 14.7 Å². The van der Waals surface area contributed by atoms with Gasteiger partial charge in [0.25, 0.3) is 5.91 Å². The first-order valence-corrected chi connectivity index (χ1v) is 12.1. The van der Waals surface area contributed by atoms with Gasteiger partial charge in [-0.1, -0.05) is 13.0 Å². The first-order chi connectivity index (χ1) is 15.9. The number of amides is 1. The number of carbonyl (C=O) groups is 2. The molecule has 174 valence electrons. The predicted molar refractivity (Wildman–Crippen MR) is 126 cm³/mol. The van der Waals surface area contributed by atoms with Gasteiger partial charge >= 0.3 is 5.97 Å². The van der Waals surface area contributed by atoms with Crippen molar-refractivity contribution in [2.24, 2.45) is 11.8 Å². The van der Waals surface area contributed by atoms with Crippen LogP contribution in [0.2, 0.25) is 0 Å². The normalized spacial score (nSPS) is 26.5. The molecule has 2 bridgehead atoms. The molecule has 0 spiro atoms. The van der Waals surface area contributed by atoms with E-state index in [1.165, 1.54) is 42.6 Å². The second-order valence-corrected chi connectivity index (χ2v) is 10.1. The van der Waals surface area contributed by atoms with Crippen molar-refractivity contribution in [3.63, 3.8) is 0 Å². The highest BCUT2D eigenvalue weighted by Gasteiger charge is 2.51. The topological polar surface area (TPSA) is 89.9 Å². The van der Waals surface area contributed by atoms with Gasteiger partial charge in [-0.2, -0.15) is 0 Å². The molecule has 0 aromatic heterocycles. The fourth-order valence-corrected chi connectivity index (χ4v) is 6.15. The highest BCUT2D eigenvalue weighted by atomic mass is 16.4. The molecule has 0 radical (unpaired) electrons. The zero-order valence-corrected chi connectivity index (χ0v) is 19.1. The van der Waals surface area contributed by atoms with Crippen LogP contribution in [-0.4, -0.2) is 52.7 Å². The number of aromatic hydroxyl groups is 1. The highest BCUT2D eigenvalue weighted by molar-refractivity contribution is 5.95. The number of nitrogens with zero attached hydrogens (tertiary/aromatic N) is 1. The fraction of sp³-hybridized carbons (Fsp3) is 0.481. The Hall–Kier alpha value is -2.86. The van der Waals surface area contributed by atoms with E-state index in [4.69, 9.17) is 5.11 Å². The molecule has 6 nitrogen and oxygen atoms in total. The monoisotopic (exact) mass is 448 g/mol. The number of likely N-dealkylation sites (tertiary alicyclic amines) is 1. The first kappa shape index (κ1) is 22.0. The van der Waals surface area contributed by atoms with Crippen LogP contribution in [0.15, 0.2) is 42.5 Å². The molecule has 3 atom stereocenters. The number of carbonyl (C=O) groups excluding carboxylic acids is 1. The number of carboxylic acids is 1. The number of hydrogen-bond acceptors (Lipinski definition) is 4. The lowest BCUT2D eigenvalue weighted by atomic mass is 9.56. The molecule has 3 aliphatic rings. The molecule has 2 aliphatic carbocycles. The minimum atomic E-state index is -1.00. The van der Waals surface area contributed by atoms with E-state index >= 15 is 0 Å². The van der Waals surface area contributed by atoms with E-state index in [2.05, 4.69) is 23.2 Å². The maximum absolute atomic E-state index is 12.7. The van der Waals surface area contributed by atoms with Gasteiger partial charge in [0.05, 0.1) is 5.56 Å². The quantitative estimate of drug-likeness (QED) is 0.599. The minimum absolute atomic E-state index is 0.0719. The van der Waals surface area contributed by atoms with Gasteiger partial charge in [-0.05, 0) is 98.0 Å². The number of phenolic OH excluding ortho intramolecular Hbond substituents is 1. The molecule has 3 N–H and O–H groups in total. The molecule has 33 heavy (non-hydrogen) atoms. The molecule has 1 saturated carbocycles. The molecular formula is C27H32N2O4. The Labute approximate surface area is 194 Å². The van der Waals surface area contributed by atoms with Gasteiger partial charge in [0.1, 0.15) is 5.75 Å². The smallest absolute Gasteiger partial charge is 0.335 e. The summed E-state index contributed by atoms with van der Waals surface area (Å²) in [6.07, 6.45) is 5.57. The van der Waals surface area contributed by atoms with Crippen molar-refractivity contribution in [1.82, 2.24) is 10.2 Å². The summed E-state index contributed by atoms with van der Waals surface area (Å²) in [6.45, 7) is 5.14. The Kier molecular flexibility index (Phi) is 5.65.